The van der Waals surface area contributed by atoms with Gasteiger partial charge < -0.3 is 20.4 Å². The van der Waals surface area contributed by atoms with Gasteiger partial charge in [-0.3, -0.25) is 0 Å². The molecule has 0 saturated heterocycles. The zero-order valence-electron chi connectivity index (χ0n) is 35.3. The van der Waals surface area contributed by atoms with Crippen molar-refractivity contribution in [1.82, 2.24) is 0 Å². The summed E-state index contributed by atoms with van der Waals surface area (Å²) in [4.78, 5) is 0. The zero-order chi connectivity index (χ0) is 42.8. The minimum absolute atomic E-state index is 0. The van der Waals surface area contributed by atoms with Crippen molar-refractivity contribution in [2.24, 2.45) is 31.3 Å². The predicted octanol–water partition coefficient (Wildman–Crippen LogP) is 16.1. The Labute approximate surface area is 368 Å². The second kappa shape index (κ2) is 18.3. The molecule has 0 aliphatic carbocycles. The summed E-state index contributed by atoms with van der Waals surface area (Å²) in [5.41, 5.74) is 4.15. The van der Waals surface area contributed by atoms with Crippen LogP contribution in [0, 0.1) is 10.8 Å². The van der Waals surface area contributed by atoms with Gasteiger partial charge in [0.25, 0.3) is 0 Å². The van der Waals surface area contributed by atoms with Crippen LogP contribution in [0.2, 0.25) is 10.0 Å². The number of hydrogen-bond acceptors (Lipinski definition) is 8. The third kappa shape index (κ3) is 12.2. The summed E-state index contributed by atoms with van der Waals surface area (Å²) in [6.07, 6.45) is 2.09. The molecule has 0 heterocycles. The summed E-state index contributed by atoms with van der Waals surface area (Å²) < 4.78 is 0. The SMILES string of the molecule is CC(C)(C)CC(C)(C)c1ccc2c(N=Nc3cc(Cl)ccc3O)c(O)ccc2c1.CC(C)(C)CC(C)(C)c1ccc2c(N=Nc3cc(Cl)ccc3O)c(O)ccc2c1.[Fe]. The van der Waals surface area contributed by atoms with Gasteiger partial charge in [0.1, 0.15) is 45.7 Å². The normalized spacial score (nSPS) is 12.5. The molecule has 312 valence electrons. The molecule has 0 aliphatic heterocycles. The van der Waals surface area contributed by atoms with Crippen LogP contribution in [0.15, 0.2) is 118 Å². The fourth-order valence-electron chi connectivity index (χ4n) is 7.87. The Morgan fingerprint density at radius 1 is 0.424 bits per heavy atom. The van der Waals surface area contributed by atoms with E-state index < -0.39 is 0 Å². The number of fused-ring (bicyclic) bond motifs is 2. The van der Waals surface area contributed by atoms with E-state index in [1.54, 1.807) is 24.3 Å². The molecule has 11 heteroatoms. The third-order valence-corrected chi connectivity index (χ3v) is 10.3. The van der Waals surface area contributed by atoms with Gasteiger partial charge in [0.05, 0.1) is 0 Å². The first-order chi connectivity index (χ1) is 26.9. The van der Waals surface area contributed by atoms with Gasteiger partial charge in [-0.25, -0.2) is 0 Å². The van der Waals surface area contributed by atoms with Crippen molar-refractivity contribution in [3.63, 3.8) is 0 Å². The van der Waals surface area contributed by atoms with Gasteiger partial charge in [0.2, 0.25) is 0 Å². The number of rotatable bonds is 8. The minimum atomic E-state index is -0.0240. The van der Waals surface area contributed by atoms with Gasteiger partial charge in [-0.2, -0.15) is 0 Å². The molecule has 6 aromatic carbocycles. The minimum Gasteiger partial charge on any atom is -0.506 e. The van der Waals surface area contributed by atoms with E-state index in [-0.39, 0.29) is 73.1 Å². The second-order valence-corrected chi connectivity index (χ2v) is 19.5. The maximum atomic E-state index is 10.4. The number of azo groups is 2. The van der Waals surface area contributed by atoms with Gasteiger partial charge in [0.15, 0.2) is 0 Å². The quantitative estimate of drug-likeness (QED) is 0.0896. The molecule has 0 aromatic heterocycles. The van der Waals surface area contributed by atoms with Crippen molar-refractivity contribution in [3.8, 4) is 23.0 Å². The van der Waals surface area contributed by atoms with E-state index in [1.165, 1.54) is 35.4 Å². The summed E-state index contributed by atoms with van der Waals surface area (Å²) in [6.45, 7) is 22.5. The molecule has 0 fully saturated rings. The third-order valence-electron chi connectivity index (χ3n) is 9.84. The zero-order valence-corrected chi connectivity index (χ0v) is 38.0. The average Bonchev–Trinajstić information content (AvgIpc) is 3.11. The van der Waals surface area contributed by atoms with Crippen LogP contribution >= 0.6 is 23.2 Å². The van der Waals surface area contributed by atoms with Crippen LogP contribution in [-0.4, -0.2) is 20.4 Å². The second-order valence-electron chi connectivity index (χ2n) is 18.6. The van der Waals surface area contributed by atoms with E-state index in [0.717, 1.165) is 34.4 Å². The number of phenolic OH excluding ortho intramolecular Hbond substituents is 4. The van der Waals surface area contributed by atoms with Crippen molar-refractivity contribution < 1.29 is 37.5 Å². The van der Waals surface area contributed by atoms with E-state index in [9.17, 15) is 20.4 Å². The fraction of sp³-hybridized carbons (Fsp3) is 0.333. The first-order valence-electron chi connectivity index (χ1n) is 19.3. The standard InChI is InChI=1S/2C24H27ClN2O2.Fe/c2*1-23(2,3)14-24(4,5)16-7-9-18-15(12-16)6-10-21(29)22(18)27-26-19-13-17(25)8-11-20(19)28;/h2*6-13,28-29H,14H2,1-5H3;. The summed E-state index contributed by atoms with van der Waals surface area (Å²) in [6, 6.07) is 28.6. The van der Waals surface area contributed by atoms with Crippen molar-refractivity contribution >= 4 is 67.5 Å². The summed E-state index contributed by atoms with van der Waals surface area (Å²) in [5.74, 6) is 0.0159. The van der Waals surface area contributed by atoms with Gasteiger partial charge in [0, 0.05) is 37.9 Å². The van der Waals surface area contributed by atoms with Gasteiger partial charge >= 0.3 is 0 Å². The first-order valence-corrected chi connectivity index (χ1v) is 20.0. The predicted molar refractivity (Wildman–Crippen MR) is 240 cm³/mol. The molecule has 0 radical (unpaired) electrons. The Morgan fingerprint density at radius 3 is 1.10 bits per heavy atom. The summed E-state index contributed by atoms with van der Waals surface area (Å²) in [7, 11) is 0. The molecule has 4 N–H and O–H groups in total. The van der Waals surface area contributed by atoms with E-state index in [4.69, 9.17) is 23.2 Å². The van der Waals surface area contributed by atoms with E-state index >= 15 is 0 Å². The van der Waals surface area contributed by atoms with Crippen molar-refractivity contribution in [2.75, 3.05) is 0 Å². The monoisotopic (exact) mass is 876 g/mol. The van der Waals surface area contributed by atoms with Crippen LogP contribution in [0.1, 0.15) is 93.2 Å². The number of phenols is 4. The van der Waals surface area contributed by atoms with Crippen LogP contribution in [0.5, 0.6) is 23.0 Å². The van der Waals surface area contributed by atoms with Gasteiger partial charge in [-0.05, 0) is 105 Å². The number of hydrogen-bond donors (Lipinski definition) is 4. The van der Waals surface area contributed by atoms with Crippen LogP contribution in [0.25, 0.3) is 21.5 Å². The molecule has 0 amide bonds. The largest absolute Gasteiger partial charge is 0.506 e. The number of nitrogens with zero attached hydrogens (tertiary/aromatic N) is 4. The Kier molecular flexibility index (Phi) is 14.6. The maximum absolute atomic E-state index is 10.4. The molecule has 59 heavy (non-hydrogen) atoms. The topological polar surface area (TPSA) is 130 Å². The number of benzene rings is 6. The van der Waals surface area contributed by atoms with Crippen LogP contribution in [0.3, 0.4) is 0 Å². The Hall–Kier alpha value is -4.66. The Morgan fingerprint density at radius 2 is 0.763 bits per heavy atom. The van der Waals surface area contributed by atoms with Gasteiger partial charge in [-0.15, -0.1) is 20.5 Å². The smallest absolute Gasteiger partial charge is 0.143 e. The molecule has 8 nitrogen and oxygen atoms in total. The molecule has 6 rings (SSSR count). The Bertz CT molecular complexity index is 2350. The number of aromatic hydroxyl groups is 4. The van der Waals surface area contributed by atoms with E-state index in [1.807, 2.05) is 24.3 Å². The molecule has 0 atom stereocenters. The first kappa shape index (κ1) is 47.0. The summed E-state index contributed by atoms with van der Waals surface area (Å²) in [5, 5.41) is 61.7. The maximum Gasteiger partial charge on any atom is 0.143 e. The van der Waals surface area contributed by atoms with E-state index in [2.05, 4.69) is 114 Å². The summed E-state index contributed by atoms with van der Waals surface area (Å²) >= 11 is 11.9. The van der Waals surface area contributed by atoms with Crippen molar-refractivity contribution in [2.45, 2.75) is 92.9 Å². The molecule has 0 bridgehead atoms. The van der Waals surface area contributed by atoms with E-state index in [0.29, 0.717) is 21.4 Å². The van der Waals surface area contributed by atoms with Crippen LogP contribution in [-0.2, 0) is 27.9 Å². The fourth-order valence-corrected chi connectivity index (χ4v) is 8.21. The molecule has 0 spiro atoms. The van der Waals surface area contributed by atoms with Crippen molar-refractivity contribution in [1.29, 1.82) is 0 Å². The van der Waals surface area contributed by atoms with Crippen LogP contribution < -0.4 is 0 Å². The molecular weight excluding hydrogens is 823 g/mol. The molecule has 0 aliphatic rings. The molecule has 6 aromatic rings. The average molecular weight is 878 g/mol. The molecule has 0 unspecified atom stereocenters. The van der Waals surface area contributed by atoms with Gasteiger partial charge in [-0.1, -0.05) is 141 Å². The van der Waals surface area contributed by atoms with Crippen LogP contribution in [0.4, 0.5) is 22.7 Å². The number of halogens is 2. The molecular formula is C48H54Cl2FeN4O4. The molecule has 0 saturated carbocycles. The van der Waals surface area contributed by atoms with Crippen molar-refractivity contribution in [3.05, 3.63) is 118 Å². The Balaban J connectivity index is 0.000000256.